The molecular weight excluding hydrogens is 296 g/mol. The smallest absolute Gasteiger partial charge is 0.243 e. The number of sulfonamides is 1. The third kappa shape index (κ3) is 2.98. The Bertz CT molecular complexity index is 605. The number of nitrogens with zero attached hydrogens (tertiary/aromatic N) is 1. The van der Waals surface area contributed by atoms with Crippen LogP contribution < -0.4 is 14.8 Å². The highest BCUT2D eigenvalue weighted by Gasteiger charge is 2.36. The highest BCUT2D eigenvalue weighted by molar-refractivity contribution is 7.89. The van der Waals surface area contributed by atoms with Gasteiger partial charge in [0.2, 0.25) is 10.0 Å². The van der Waals surface area contributed by atoms with Crippen molar-refractivity contribution >= 4 is 10.0 Å². The molecule has 8 heteroatoms. The normalized spacial score (nSPS) is 22.5. The van der Waals surface area contributed by atoms with E-state index in [1.807, 2.05) is 0 Å². The van der Waals surface area contributed by atoms with Crippen LogP contribution in [0.5, 0.6) is 11.5 Å². The van der Waals surface area contributed by atoms with E-state index in [1.165, 1.54) is 37.7 Å². The van der Waals surface area contributed by atoms with Gasteiger partial charge in [0, 0.05) is 26.2 Å². The number of methoxy groups -OCH3 is 2. The number of aliphatic hydroxyl groups is 1. The summed E-state index contributed by atoms with van der Waals surface area (Å²) in [7, 11) is 0.682. The number of aliphatic hydroxyl groups excluding tert-OH is 1. The Kier molecular flexibility index (Phi) is 4.72. The molecule has 2 rings (SSSR count). The quantitative estimate of drug-likeness (QED) is 0.772. The molecule has 1 heterocycles. The monoisotopic (exact) mass is 316 g/mol. The zero-order valence-electron chi connectivity index (χ0n) is 12.2. The summed E-state index contributed by atoms with van der Waals surface area (Å²) in [6.07, 6.45) is -0.718. The molecule has 1 aliphatic rings. The molecule has 0 amide bonds. The lowest BCUT2D eigenvalue weighted by atomic mass is 10.2. The molecular formula is C13H20N2O5S. The molecule has 0 radical (unpaired) electrons. The Morgan fingerprint density at radius 3 is 2.43 bits per heavy atom. The fraction of sp³-hybridized carbons (Fsp3) is 0.538. The standard InChI is InChI=1S/C13H20N2O5S/c1-15(10-7-14-8-11(10)16)21(17,18)9-4-5-12(19-2)13(6-9)20-3/h4-6,10-11,14,16H,7-8H2,1-3H3/t10-,11-/m0/s1. The second-order valence-corrected chi connectivity index (χ2v) is 6.83. The summed E-state index contributed by atoms with van der Waals surface area (Å²) in [4.78, 5) is 0.0988. The van der Waals surface area contributed by atoms with Gasteiger partial charge in [0.05, 0.1) is 31.3 Å². The summed E-state index contributed by atoms with van der Waals surface area (Å²) in [6.45, 7) is 0.806. The zero-order chi connectivity index (χ0) is 15.6. The fourth-order valence-electron chi connectivity index (χ4n) is 2.34. The van der Waals surface area contributed by atoms with E-state index >= 15 is 0 Å². The Labute approximate surface area is 124 Å². The van der Waals surface area contributed by atoms with E-state index in [0.717, 1.165) is 0 Å². The van der Waals surface area contributed by atoms with Crippen LogP contribution in [0, 0.1) is 0 Å². The molecule has 0 bridgehead atoms. The number of hydrogen-bond acceptors (Lipinski definition) is 6. The Hall–Kier alpha value is -1.35. The van der Waals surface area contributed by atoms with E-state index in [4.69, 9.17) is 9.47 Å². The highest BCUT2D eigenvalue weighted by Crippen LogP contribution is 2.31. The van der Waals surface area contributed by atoms with Crippen molar-refractivity contribution in [3.05, 3.63) is 18.2 Å². The van der Waals surface area contributed by atoms with Crippen molar-refractivity contribution in [2.24, 2.45) is 0 Å². The largest absolute Gasteiger partial charge is 0.493 e. The molecule has 0 aliphatic carbocycles. The van der Waals surface area contributed by atoms with Crippen molar-refractivity contribution in [1.82, 2.24) is 9.62 Å². The van der Waals surface area contributed by atoms with Crippen LogP contribution >= 0.6 is 0 Å². The summed E-state index contributed by atoms with van der Waals surface area (Å²) >= 11 is 0. The minimum Gasteiger partial charge on any atom is -0.493 e. The van der Waals surface area contributed by atoms with Crippen molar-refractivity contribution in [3.63, 3.8) is 0 Å². The lowest BCUT2D eigenvalue weighted by Gasteiger charge is -2.25. The molecule has 1 saturated heterocycles. The van der Waals surface area contributed by atoms with E-state index in [-0.39, 0.29) is 4.90 Å². The van der Waals surface area contributed by atoms with Gasteiger partial charge in [0.1, 0.15) is 0 Å². The van der Waals surface area contributed by atoms with E-state index in [0.29, 0.717) is 24.6 Å². The van der Waals surface area contributed by atoms with E-state index in [1.54, 1.807) is 6.07 Å². The Balaban J connectivity index is 2.35. The molecule has 1 aromatic carbocycles. The van der Waals surface area contributed by atoms with Crippen LogP contribution in [0.1, 0.15) is 0 Å². The molecule has 0 spiro atoms. The molecule has 2 atom stereocenters. The first-order chi connectivity index (χ1) is 9.91. The molecule has 0 aromatic heterocycles. The summed E-state index contributed by atoms with van der Waals surface area (Å²) < 4.78 is 36.7. The Morgan fingerprint density at radius 2 is 1.90 bits per heavy atom. The van der Waals surface area contributed by atoms with Crippen LogP contribution in [-0.4, -0.2) is 64.3 Å². The predicted octanol–water partition coefficient (Wildman–Crippen LogP) is -0.343. The summed E-state index contributed by atoms with van der Waals surface area (Å²) in [5, 5.41) is 12.8. The minimum atomic E-state index is -3.72. The fourth-order valence-corrected chi connectivity index (χ4v) is 3.74. The third-order valence-electron chi connectivity index (χ3n) is 3.65. The van der Waals surface area contributed by atoms with Crippen LogP contribution in [0.4, 0.5) is 0 Å². The number of likely N-dealkylation sites (N-methyl/N-ethyl adjacent to an activating group) is 1. The van der Waals surface area contributed by atoms with Crippen LogP contribution in [0.3, 0.4) is 0 Å². The number of hydrogen-bond donors (Lipinski definition) is 2. The van der Waals surface area contributed by atoms with Crippen LogP contribution in [-0.2, 0) is 10.0 Å². The predicted molar refractivity (Wildman–Crippen MR) is 77.2 cm³/mol. The van der Waals surface area contributed by atoms with Crippen LogP contribution in [0.2, 0.25) is 0 Å². The van der Waals surface area contributed by atoms with Gasteiger partial charge in [-0.1, -0.05) is 0 Å². The molecule has 2 N–H and O–H groups in total. The van der Waals surface area contributed by atoms with Gasteiger partial charge in [-0.05, 0) is 12.1 Å². The van der Waals surface area contributed by atoms with Crippen LogP contribution in [0.15, 0.2) is 23.1 Å². The van der Waals surface area contributed by atoms with Gasteiger partial charge >= 0.3 is 0 Å². The average molecular weight is 316 g/mol. The third-order valence-corrected chi connectivity index (χ3v) is 5.53. The zero-order valence-corrected chi connectivity index (χ0v) is 13.1. The van der Waals surface area contributed by atoms with Crippen LogP contribution in [0.25, 0.3) is 0 Å². The molecule has 7 nitrogen and oxygen atoms in total. The van der Waals surface area contributed by atoms with Gasteiger partial charge in [0.25, 0.3) is 0 Å². The second kappa shape index (κ2) is 6.18. The minimum absolute atomic E-state index is 0.0988. The van der Waals surface area contributed by atoms with Crippen molar-refractivity contribution < 1.29 is 23.0 Å². The van der Waals surface area contributed by atoms with Gasteiger partial charge in [0.15, 0.2) is 11.5 Å². The molecule has 1 aliphatic heterocycles. The lowest BCUT2D eigenvalue weighted by molar-refractivity contribution is 0.136. The highest BCUT2D eigenvalue weighted by atomic mass is 32.2. The average Bonchev–Trinajstić information content (AvgIpc) is 2.91. The van der Waals surface area contributed by atoms with Gasteiger partial charge in [-0.3, -0.25) is 0 Å². The maximum Gasteiger partial charge on any atom is 0.243 e. The number of rotatable bonds is 5. The number of benzene rings is 1. The van der Waals surface area contributed by atoms with E-state index < -0.39 is 22.2 Å². The number of nitrogens with one attached hydrogen (secondary N) is 1. The van der Waals surface area contributed by atoms with E-state index in [2.05, 4.69) is 5.32 Å². The summed E-state index contributed by atoms with van der Waals surface area (Å²) in [5.41, 5.74) is 0. The van der Waals surface area contributed by atoms with Gasteiger partial charge in [-0.15, -0.1) is 0 Å². The first-order valence-electron chi connectivity index (χ1n) is 6.50. The summed E-state index contributed by atoms with van der Waals surface area (Å²) in [5.74, 6) is 0.804. The van der Waals surface area contributed by atoms with Crippen molar-refractivity contribution in [3.8, 4) is 11.5 Å². The van der Waals surface area contributed by atoms with Gasteiger partial charge in [-0.2, -0.15) is 4.31 Å². The van der Waals surface area contributed by atoms with Crippen molar-refractivity contribution in [2.75, 3.05) is 34.4 Å². The number of ether oxygens (including phenoxy) is 2. The van der Waals surface area contributed by atoms with Gasteiger partial charge in [-0.25, -0.2) is 8.42 Å². The maximum atomic E-state index is 12.6. The number of β-amino-alcohol motifs (C(OH)–C–C–N with tert-alkyl or cyclic N) is 1. The first kappa shape index (κ1) is 16.0. The maximum absolute atomic E-state index is 12.6. The molecule has 21 heavy (non-hydrogen) atoms. The molecule has 0 unspecified atom stereocenters. The first-order valence-corrected chi connectivity index (χ1v) is 7.94. The molecule has 118 valence electrons. The Morgan fingerprint density at radius 1 is 1.24 bits per heavy atom. The van der Waals surface area contributed by atoms with Crippen molar-refractivity contribution in [2.45, 2.75) is 17.0 Å². The van der Waals surface area contributed by atoms with Gasteiger partial charge < -0.3 is 19.9 Å². The molecule has 1 aromatic rings. The topological polar surface area (TPSA) is 88.1 Å². The second-order valence-electron chi connectivity index (χ2n) is 4.83. The lowest BCUT2D eigenvalue weighted by Crippen LogP contribution is -2.44. The molecule has 0 saturated carbocycles. The molecule has 1 fully saturated rings. The SMILES string of the molecule is COc1ccc(S(=O)(=O)N(C)[C@H]2CNC[C@@H]2O)cc1OC. The van der Waals surface area contributed by atoms with E-state index in [9.17, 15) is 13.5 Å². The van der Waals surface area contributed by atoms with Crippen molar-refractivity contribution in [1.29, 1.82) is 0 Å². The summed E-state index contributed by atoms with van der Waals surface area (Å²) in [6, 6.07) is 3.94.